The molecule has 2 N–H and O–H groups in total. The number of rotatable bonds is 10. The molecule has 0 atom stereocenters. The average molecular weight is 292 g/mol. The first-order valence-corrected chi connectivity index (χ1v) is 6.98. The minimum Gasteiger partial charge on any atom is -0.489 e. The molecule has 0 aliphatic carbocycles. The Morgan fingerprint density at radius 3 is 2.90 bits per heavy atom. The van der Waals surface area contributed by atoms with E-state index < -0.39 is 0 Å². The van der Waals surface area contributed by atoms with E-state index >= 15 is 0 Å². The summed E-state index contributed by atoms with van der Waals surface area (Å²) in [4.78, 5) is 11.8. The maximum absolute atomic E-state index is 11.8. The predicted molar refractivity (Wildman–Crippen MR) is 84.7 cm³/mol. The molecule has 0 saturated carbocycles. The van der Waals surface area contributed by atoms with Gasteiger partial charge in [0, 0.05) is 25.5 Å². The van der Waals surface area contributed by atoms with Gasteiger partial charge in [-0.05, 0) is 37.6 Å². The largest absolute Gasteiger partial charge is 0.489 e. The topological polar surface area (TPSA) is 59.6 Å². The molecule has 0 aromatic heterocycles. The fraction of sp³-hybridized carbons (Fsp3) is 0.438. The van der Waals surface area contributed by atoms with Gasteiger partial charge in [0.05, 0.1) is 6.54 Å². The van der Waals surface area contributed by atoms with Crippen LogP contribution in [-0.2, 0) is 9.53 Å². The molecular weight excluding hydrogens is 268 g/mol. The summed E-state index contributed by atoms with van der Waals surface area (Å²) in [7, 11) is 1.66. The highest BCUT2D eigenvalue weighted by Gasteiger charge is 2.03. The first kappa shape index (κ1) is 17.2. The zero-order valence-electron chi connectivity index (χ0n) is 12.8. The number of nitrogens with one attached hydrogen (secondary N) is 2. The van der Waals surface area contributed by atoms with Crippen LogP contribution in [0.25, 0.3) is 0 Å². The molecule has 0 aliphatic rings. The van der Waals surface area contributed by atoms with Crippen molar-refractivity contribution >= 4 is 11.6 Å². The van der Waals surface area contributed by atoms with Gasteiger partial charge in [0.25, 0.3) is 0 Å². The molecule has 0 fully saturated rings. The molecule has 0 unspecified atom stereocenters. The second-order valence-corrected chi connectivity index (χ2v) is 4.84. The standard InChI is InChI=1S/C16H24N2O3/c1-13(2)12-21-15-7-4-6-14(10-15)18-16(19)11-17-8-5-9-20-3/h4,6-7,10,17H,1,5,8-9,11-12H2,2-3H3,(H,18,19). The minimum absolute atomic E-state index is 0.0792. The second-order valence-electron chi connectivity index (χ2n) is 4.84. The van der Waals surface area contributed by atoms with Crippen LogP contribution >= 0.6 is 0 Å². The van der Waals surface area contributed by atoms with E-state index in [1.165, 1.54) is 0 Å². The number of ether oxygens (including phenoxy) is 2. The van der Waals surface area contributed by atoms with Crippen LogP contribution in [-0.4, -0.2) is 39.3 Å². The Morgan fingerprint density at radius 1 is 1.38 bits per heavy atom. The van der Waals surface area contributed by atoms with E-state index in [-0.39, 0.29) is 12.5 Å². The molecule has 0 saturated heterocycles. The quantitative estimate of drug-likeness (QED) is 0.513. The highest BCUT2D eigenvalue weighted by atomic mass is 16.5. The summed E-state index contributed by atoms with van der Waals surface area (Å²) in [6.45, 7) is 7.88. The number of carbonyl (C=O) groups is 1. The monoisotopic (exact) mass is 292 g/mol. The summed E-state index contributed by atoms with van der Waals surface area (Å²) < 4.78 is 10.5. The van der Waals surface area contributed by atoms with Gasteiger partial charge in [-0.1, -0.05) is 12.6 Å². The summed E-state index contributed by atoms with van der Waals surface area (Å²) in [6.07, 6.45) is 0.883. The van der Waals surface area contributed by atoms with Crippen LogP contribution in [0.4, 0.5) is 5.69 Å². The highest BCUT2D eigenvalue weighted by molar-refractivity contribution is 5.92. The van der Waals surface area contributed by atoms with Crippen LogP contribution < -0.4 is 15.4 Å². The molecule has 1 amide bonds. The molecule has 1 aromatic rings. The van der Waals surface area contributed by atoms with Crippen molar-refractivity contribution in [2.24, 2.45) is 0 Å². The van der Waals surface area contributed by atoms with Gasteiger partial charge >= 0.3 is 0 Å². The molecule has 0 heterocycles. The van der Waals surface area contributed by atoms with Crippen molar-refractivity contribution in [3.05, 3.63) is 36.4 Å². The van der Waals surface area contributed by atoms with Crippen LogP contribution in [0.5, 0.6) is 5.75 Å². The molecule has 0 radical (unpaired) electrons. The van der Waals surface area contributed by atoms with Crippen molar-refractivity contribution in [1.29, 1.82) is 0 Å². The second kappa shape index (κ2) is 9.96. The molecule has 21 heavy (non-hydrogen) atoms. The molecule has 1 rings (SSSR count). The van der Waals surface area contributed by atoms with E-state index in [2.05, 4.69) is 17.2 Å². The van der Waals surface area contributed by atoms with E-state index in [1.807, 2.05) is 25.1 Å². The van der Waals surface area contributed by atoms with E-state index in [0.717, 1.165) is 24.2 Å². The normalized spacial score (nSPS) is 10.2. The van der Waals surface area contributed by atoms with Crippen LogP contribution in [0.15, 0.2) is 36.4 Å². The number of carbonyl (C=O) groups excluding carboxylic acids is 1. The Balaban J connectivity index is 2.34. The van der Waals surface area contributed by atoms with Crippen molar-refractivity contribution in [3.63, 3.8) is 0 Å². The van der Waals surface area contributed by atoms with Crippen LogP contribution in [0.2, 0.25) is 0 Å². The smallest absolute Gasteiger partial charge is 0.238 e. The molecule has 5 nitrogen and oxygen atoms in total. The lowest BCUT2D eigenvalue weighted by Gasteiger charge is -2.09. The van der Waals surface area contributed by atoms with Crippen LogP contribution in [0.1, 0.15) is 13.3 Å². The van der Waals surface area contributed by atoms with Gasteiger partial charge < -0.3 is 20.1 Å². The Kier molecular flexibility index (Phi) is 8.16. The summed E-state index contributed by atoms with van der Waals surface area (Å²) >= 11 is 0. The molecule has 116 valence electrons. The molecule has 1 aromatic carbocycles. The summed E-state index contributed by atoms with van der Waals surface area (Å²) in [5.74, 6) is 0.633. The maximum atomic E-state index is 11.8. The average Bonchev–Trinajstić information content (AvgIpc) is 2.45. The zero-order chi connectivity index (χ0) is 15.5. The van der Waals surface area contributed by atoms with Crippen molar-refractivity contribution in [1.82, 2.24) is 5.32 Å². The fourth-order valence-corrected chi connectivity index (χ4v) is 1.62. The molecule has 0 aliphatic heterocycles. The van der Waals surface area contributed by atoms with Gasteiger partial charge in [-0.2, -0.15) is 0 Å². The van der Waals surface area contributed by atoms with E-state index in [1.54, 1.807) is 13.2 Å². The zero-order valence-corrected chi connectivity index (χ0v) is 12.8. The van der Waals surface area contributed by atoms with E-state index in [9.17, 15) is 4.79 Å². The third-order valence-electron chi connectivity index (χ3n) is 2.59. The van der Waals surface area contributed by atoms with Crippen molar-refractivity contribution < 1.29 is 14.3 Å². The van der Waals surface area contributed by atoms with Gasteiger partial charge in [-0.3, -0.25) is 4.79 Å². The number of hydrogen-bond donors (Lipinski definition) is 2. The number of hydrogen-bond acceptors (Lipinski definition) is 4. The fourth-order valence-electron chi connectivity index (χ4n) is 1.62. The van der Waals surface area contributed by atoms with E-state index in [4.69, 9.17) is 9.47 Å². The lowest BCUT2D eigenvalue weighted by molar-refractivity contribution is -0.115. The number of anilines is 1. The summed E-state index contributed by atoms with van der Waals surface area (Å²) in [5, 5.41) is 5.89. The Bertz CT molecular complexity index is 461. The van der Waals surface area contributed by atoms with Gasteiger partial charge in [-0.15, -0.1) is 0 Å². The van der Waals surface area contributed by atoms with Gasteiger partial charge in [-0.25, -0.2) is 0 Å². The van der Waals surface area contributed by atoms with E-state index in [0.29, 0.717) is 19.0 Å². The SMILES string of the molecule is C=C(C)COc1cccc(NC(=O)CNCCCOC)c1. The minimum atomic E-state index is -0.0792. The Labute approximate surface area is 126 Å². The molecule has 0 bridgehead atoms. The maximum Gasteiger partial charge on any atom is 0.238 e. The van der Waals surface area contributed by atoms with Crippen LogP contribution in [0, 0.1) is 0 Å². The first-order chi connectivity index (χ1) is 10.1. The summed E-state index contributed by atoms with van der Waals surface area (Å²) in [6, 6.07) is 7.32. The third kappa shape index (κ3) is 8.12. The predicted octanol–water partition coefficient (Wildman–Crippen LogP) is 2.21. The van der Waals surface area contributed by atoms with Gasteiger partial charge in [0.1, 0.15) is 12.4 Å². The highest BCUT2D eigenvalue weighted by Crippen LogP contribution is 2.17. The van der Waals surface area contributed by atoms with Crippen LogP contribution in [0.3, 0.4) is 0 Å². The van der Waals surface area contributed by atoms with Gasteiger partial charge in [0.2, 0.25) is 5.91 Å². The Morgan fingerprint density at radius 2 is 2.19 bits per heavy atom. The number of amides is 1. The van der Waals surface area contributed by atoms with Crippen molar-refractivity contribution in [2.75, 3.05) is 38.7 Å². The third-order valence-corrected chi connectivity index (χ3v) is 2.59. The summed E-state index contributed by atoms with van der Waals surface area (Å²) in [5.41, 5.74) is 1.67. The molecule has 5 heteroatoms. The molecule has 0 spiro atoms. The van der Waals surface area contributed by atoms with Crippen molar-refractivity contribution in [3.8, 4) is 5.75 Å². The number of benzene rings is 1. The lowest BCUT2D eigenvalue weighted by atomic mass is 10.3. The molecular formula is C16H24N2O3. The Hall–Kier alpha value is -1.85. The first-order valence-electron chi connectivity index (χ1n) is 6.98. The van der Waals surface area contributed by atoms with Crippen molar-refractivity contribution in [2.45, 2.75) is 13.3 Å². The van der Waals surface area contributed by atoms with Gasteiger partial charge in [0.15, 0.2) is 0 Å². The lowest BCUT2D eigenvalue weighted by Crippen LogP contribution is -2.29. The number of methoxy groups -OCH3 is 1.